The molecule has 0 radical (unpaired) electrons. The van der Waals surface area contributed by atoms with E-state index in [1.54, 1.807) is 18.9 Å². The number of ether oxygens (including phenoxy) is 1. The molecule has 1 unspecified atom stereocenters. The molecule has 0 heterocycles. The monoisotopic (exact) mass is 366 g/mol. The predicted octanol–water partition coefficient (Wildman–Crippen LogP) is 4.06. The van der Waals surface area contributed by atoms with Crippen LogP contribution in [0.25, 0.3) is 0 Å². The van der Waals surface area contributed by atoms with Crippen molar-refractivity contribution in [1.82, 2.24) is 5.43 Å². The zero-order chi connectivity index (χ0) is 15.2. The molecule has 5 heteroatoms. The van der Waals surface area contributed by atoms with E-state index in [2.05, 4.69) is 40.4 Å². The van der Waals surface area contributed by atoms with Crippen LogP contribution in [0.1, 0.15) is 17.2 Å². The minimum Gasteiger partial charge on any atom is -0.496 e. The quantitative estimate of drug-likeness (QED) is 0.459. The summed E-state index contributed by atoms with van der Waals surface area (Å²) in [7, 11) is 1.68. The van der Waals surface area contributed by atoms with Gasteiger partial charge in [0.15, 0.2) is 0 Å². The standard InChI is InChI=1S/C16H19BrN2OS/c1-11-7-8-15(20-2)12(9-11)14(19-18)10-21-16-6-4-3-5-13(16)17/h3-9,14,19H,10,18H2,1-2H3. The SMILES string of the molecule is COc1ccc(C)cc1C(CSc1ccccc1Br)NN. The predicted molar refractivity (Wildman–Crippen MR) is 92.7 cm³/mol. The number of nitrogens with two attached hydrogens (primary N) is 1. The molecule has 0 fully saturated rings. The highest BCUT2D eigenvalue weighted by molar-refractivity contribution is 9.10. The second-order valence-corrected chi connectivity index (χ2v) is 6.62. The van der Waals surface area contributed by atoms with Gasteiger partial charge in [-0.3, -0.25) is 11.3 Å². The van der Waals surface area contributed by atoms with Crippen molar-refractivity contribution in [2.24, 2.45) is 5.84 Å². The smallest absolute Gasteiger partial charge is 0.123 e. The first-order valence-electron chi connectivity index (χ1n) is 6.63. The Kier molecular flexibility index (Phi) is 6.11. The maximum Gasteiger partial charge on any atom is 0.123 e. The molecule has 0 saturated carbocycles. The van der Waals surface area contributed by atoms with Crippen LogP contribution < -0.4 is 16.0 Å². The maximum absolute atomic E-state index is 5.75. The van der Waals surface area contributed by atoms with E-state index in [4.69, 9.17) is 10.6 Å². The van der Waals surface area contributed by atoms with Crippen LogP contribution in [0, 0.1) is 6.92 Å². The topological polar surface area (TPSA) is 47.3 Å². The average Bonchev–Trinajstić information content (AvgIpc) is 2.50. The van der Waals surface area contributed by atoms with E-state index in [1.165, 1.54) is 10.5 Å². The molecule has 0 aromatic heterocycles. The minimum atomic E-state index is 0.0250. The highest BCUT2D eigenvalue weighted by Crippen LogP contribution is 2.33. The Morgan fingerprint density at radius 3 is 2.71 bits per heavy atom. The van der Waals surface area contributed by atoms with E-state index < -0.39 is 0 Å². The molecule has 0 spiro atoms. The molecule has 3 nitrogen and oxygen atoms in total. The van der Waals surface area contributed by atoms with Gasteiger partial charge in [0.2, 0.25) is 0 Å². The molecule has 0 bridgehead atoms. The van der Waals surface area contributed by atoms with Gasteiger partial charge in [0.1, 0.15) is 5.75 Å². The summed E-state index contributed by atoms with van der Waals surface area (Å²) in [6.07, 6.45) is 0. The number of rotatable bonds is 6. The van der Waals surface area contributed by atoms with Gasteiger partial charge in [0, 0.05) is 20.7 Å². The molecule has 21 heavy (non-hydrogen) atoms. The Morgan fingerprint density at radius 2 is 2.05 bits per heavy atom. The van der Waals surface area contributed by atoms with Crippen LogP contribution in [0.3, 0.4) is 0 Å². The number of hydrazine groups is 1. The van der Waals surface area contributed by atoms with Gasteiger partial charge in [-0.15, -0.1) is 11.8 Å². The first kappa shape index (κ1) is 16.4. The van der Waals surface area contributed by atoms with Gasteiger partial charge in [-0.05, 0) is 41.1 Å². The van der Waals surface area contributed by atoms with Gasteiger partial charge >= 0.3 is 0 Å². The van der Waals surface area contributed by atoms with Crippen molar-refractivity contribution in [1.29, 1.82) is 0 Å². The number of methoxy groups -OCH3 is 1. The Morgan fingerprint density at radius 1 is 1.29 bits per heavy atom. The van der Waals surface area contributed by atoms with Gasteiger partial charge < -0.3 is 4.74 Å². The first-order chi connectivity index (χ1) is 10.2. The first-order valence-corrected chi connectivity index (χ1v) is 8.41. The summed E-state index contributed by atoms with van der Waals surface area (Å²) in [5, 5.41) is 0. The summed E-state index contributed by atoms with van der Waals surface area (Å²) < 4.78 is 6.54. The summed E-state index contributed by atoms with van der Waals surface area (Å²) in [5.41, 5.74) is 5.17. The van der Waals surface area contributed by atoms with Crippen molar-refractivity contribution in [2.75, 3.05) is 12.9 Å². The second kappa shape index (κ2) is 7.84. The minimum absolute atomic E-state index is 0.0250. The van der Waals surface area contributed by atoms with E-state index in [0.717, 1.165) is 21.5 Å². The number of benzene rings is 2. The highest BCUT2D eigenvalue weighted by Gasteiger charge is 2.16. The number of hydrogen-bond acceptors (Lipinski definition) is 4. The van der Waals surface area contributed by atoms with Crippen LogP contribution in [0.2, 0.25) is 0 Å². The van der Waals surface area contributed by atoms with Crippen molar-refractivity contribution in [3.63, 3.8) is 0 Å². The molecule has 2 aromatic rings. The fourth-order valence-electron chi connectivity index (χ4n) is 2.09. The van der Waals surface area contributed by atoms with E-state index in [0.29, 0.717) is 0 Å². The maximum atomic E-state index is 5.75. The lowest BCUT2D eigenvalue weighted by atomic mass is 10.0. The van der Waals surface area contributed by atoms with Gasteiger partial charge in [-0.1, -0.05) is 29.8 Å². The van der Waals surface area contributed by atoms with E-state index in [-0.39, 0.29) is 6.04 Å². The lowest BCUT2D eigenvalue weighted by Crippen LogP contribution is -2.30. The molecule has 0 aliphatic heterocycles. The van der Waals surface area contributed by atoms with Gasteiger partial charge in [0.05, 0.1) is 13.2 Å². The van der Waals surface area contributed by atoms with E-state index in [9.17, 15) is 0 Å². The Bertz CT molecular complexity index is 607. The Balaban J connectivity index is 2.17. The van der Waals surface area contributed by atoms with Gasteiger partial charge in [-0.25, -0.2) is 0 Å². The van der Waals surface area contributed by atoms with Crippen molar-refractivity contribution in [3.8, 4) is 5.75 Å². The number of nitrogens with one attached hydrogen (secondary N) is 1. The number of hydrogen-bond donors (Lipinski definition) is 2. The average molecular weight is 367 g/mol. The third kappa shape index (κ3) is 4.23. The molecule has 1 atom stereocenters. The van der Waals surface area contributed by atoms with Crippen molar-refractivity contribution in [3.05, 3.63) is 58.1 Å². The fraction of sp³-hybridized carbons (Fsp3) is 0.250. The lowest BCUT2D eigenvalue weighted by Gasteiger charge is -2.19. The van der Waals surface area contributed by atoms with E-state index >= 15 is 0 Å². The Hall–Kier alpha value is -1.01. The molecule has 0 saturated heterocycles. The molecule has 2 rings (SSSR count). The van der Waals surface area contributed by atoms with Crippen LogP contribution in [-0.4, -0.2) is 12.9 Å². The van der Waals surface area contributed by atoms with Crippen LogP contribution in [-0.2, 0) is 0 Å². The molecule has 112 valence electrons. The molecule has 0 aliphatic rings. The van der Waals surface area contributed by atoms with Gasteiger partial charge in [-0.2, -0.15) is 0 Å². The second-order valence-electron chi connectivity index (χ2n) is 4.71. The summed E-state index contributed by atoms with van der Waals surface area (Å²) >= 11 is 5.32. The molecule has 3 N–H and O–H groups in total. The van der Waals surface area contributed by atoms with Crippen molar-refractivity contribution in [2.45, 2.75) is 17.9 Å². The van der Waals surface area contributed by atoms with Gasteiger partial charge in [0.25, 0.3) is 0 Å². The summed E-state index contributed by atoms with van der Waals surface area (Å²) in [6.45, 7) is 2.07. The number of aryl methyl sites for hydroxylation is 1. The molecule has 0 aliphatic carbocycles. The zero-order valence-electron chi connectivity index (χ0n) is 12.1. The van der Waals surface area contributed by atoms with Crippen molar-refractivity contribution < 1.29 is 4.74 Å². The third-order valence-electron chi connectivity index (χ3n) is 3.20. The van der Waals surface area contributed by atoms with Crippen LogP contribution in [0.5, 0.6) is 5.75 Å². The third-order valence-corrected chi connectivity index (χ3v) is 5.32. The molecular formula is C16H19BrN2OS. The van der Waals surface area contributed by atoms with Crippen LogP contribution >= 0.6 is 27.7 Å². The molecule has 0 amide bonds. The lowest BCUT2D eigenvalue weighted by molar-refractivity contribution is 0.402. The molecule has 2 aromatic carbocycles. The highest BCUT2D eigenvalue weighted by atomic mass is 79.9. The molecular weight excluding hydrogens is 348 g/mol. The summed E-state index contributed by atoms with van der Waals surface area (Å²) in [4.78, 5) is 1.20. The largest absolute Gasteiger partial charge is 0.496 e. The van der Waals surface area contributed by atoms with Crippen molar-refractivity contribution >= 4 is 27.7 Å². The summed E-state index contributed by atoms with van der Waals surface area (Å²) in [6, 6.07) is 14.3. The summed E-state index contributed by atoms with van der Waals surface area (Å²) in [5.74, 6) is 7.43. The number of halogens is 1. The fourth-order valence-corrected chi connectivity index (χ4v) is 3.72. The normalized spacial score (nSPS) is 12.2. The zero-order valence-corrected chi connectivity index (χ0v) is 14.5. The Labute approximate surface area is 138 Å². The van der Waals surface area contributed by atoms with Crippen LogP contribution in [0.4, 0.5) is 0 Å². The van der Waals surface area contributed by atoms with E-state index in [1.807, 2.05) is 30.3 Å². The number of thioether (sulfide) groups is 1. The van der Waals surface area contributed by atoms with Crippen LogP contribution in [0.15, 0.2) is 51.8 Å².